The Kier molecular flexibility index (Phi) is 36.4. The van der Waals surface area contributed by atoms with Gasteiger partial charge < -0.3 is 88.2 Å². The number of fused-ring (bicyclic) bond motifs is 4. The number of cyclic esters (lactones) is 2. The van der Waals surface area contributed by atoms with Gasteiger partial charge in [-0.2, -0.15) is 0 Å². The third kappa shape index (κ3) is 26.7. The van der Waals surface area contributed by atoms with Gasteiger partial charge in [0.05, 0.1) is 122 Å². The Morgan fingerprint density at radius 3 is 1.30 bits per heavy atom. The van der Waals surface area contributed by atoms with Gasteiger partial charge in [0.25, 0.3) is 0 Å². The first-order valence-electron chi connectivity index (χ1n) is 36.4. The predicted octanol–water partition coefficient (Wildman–Crippen LogP) is 9.55. The highest BCUT2D eigenvalue weighted by Gasteiger charge is 2.43. The largest absolute Gasteiger partial charge is 0.458 e. The number of hydrogen-bond acceptors (Lipinski definition) is 20. The van der Waals surface area contributed by atoms with Crippen molar-refractivity contribution in [3.63, 3.8) is 0 Å². The Bertz CT molecular complexity index is 2400. The summed E-state index contributed by atoms with van der Waals surface area (Å²) in [4.78, 5) is 28.1. The molecule has 5 heterocycles. The van der Waals surface area contributed by atoms with Crippen molar-refractivity contribution in [3.8, 4) is 0 Å². The zero-order valence-electron chi connectivity index (χ0n) is 61.1. The van der Waals surface area contributed by atoms with Crippen molar-refractivity contribution in [1.82, 2.24) is 0 Å². The molecule has 0 radical (unpaired) electrons. The van der Waals surface area contributed by atoms with Gasteiger partial charge in [-0.3, -0.25) is 0 Å². The molecule has 96 heavy (non-hydrogen) atoms. The van der Waals surface area contributed by atoms with E-state index in [1.165, 1.54) is 6.08 Å². The van der Waals surface area contributed by atoms with Crippen LogP contribution in [0, 0.1) is 47.3 Å². The van der Waals surface area contributed by atoms with E-state index in [2.05, 4.69) is 0 Å². The van der Waals surface area contributed by atoms with Crippen LogP contribution in [0.15, 0.2) is 59.8 Å². The van der Waals surface area contributed by atoms with Gasteiger partial charge in [0, 0.05) is 101 Å². The lowest BCUT2D eigenvalue weighted by atomic mass is 9.78. The van der Waals surface area contributed by atoms with Gasteiger partial charge in [0.1, 0.15) is 12.2 Å². The van der Waals surface area contributed by atoms with E-state index in [0.29, 0.717) is 56.9 Å². The van der Waals surface area contributed by atoms with Crippen LogP contribution in [0.5, 0.6) is 0 Å². The van der Waals surface area contributed by atoms with Gasteiger partial charge in [-0.25, -0.2) is 9.59 Å². The van der Waals surface area contributed by atoms with Crippen LogP contribution in [0.1, 0.15) is 199 Å². The maximum absolute atomic E-state index is 14.2. The Morgan fingerprint density at radius 2 is 0.885 bits per heavy atom. The first kappa shape index (κ1) is 83.7. The zero-order valence-corrected chi connectivity index (χ0v) is 61.1. The van der Waals surface area contributed by atoms with Crippen LogP contribution in [-0.2, 0) is 57.0 Å². The van der Waals surface area contributed by atoms with E-state index in [4.69, 9.17) is 47.4 Å². The molecular formula is C76H130O20. The highest BCUT2D eigenvalue weighted by atomic mass is 16.6. The fourth-order valence-corrected chi connectivity index (χ4v) is 15.2. The van der Waals surface area contributed by atoms with Crippen molar-refractivity contribution >= 4 is 11.9 Å². The Labute approximate surface area is 575 Å². The van der Waals surface area contributed by atoms with Crippen molar-refractivity contribution in [2.45, 2.75) is 333 Å². The normalized spacial score (nSPS) is 41.2. The smallest absolute Gasteiger partial charge is 0.333 e. The highest BCUT2D eigenvalue weighted by Crippen LogP contribution is 2.37. The van der Waals surface area contributed by atoms with E-state index in [1.807, 2.05) is 92.7 Å². The Hall–Kier alpha value is -3.00. The maximum Gasteiger partial charge on any atom is 0.333 e. The second-order valence-electron chi connectivity index (χ2n) is 29.9. The number of allylic oxidation sites excluding steroid dienone is 2. The molecule has 0 aromatic heterocycles. The van der Waals surface area contributed by atoms with E-state index in [1.54, 1.807) is 61.4 Å². The minimum absolute atomic E-state index is 0.0306. The van der Waals surface area contributed by atoms with E-state index in [-0.39, 0.29) is 105 Å². The molecule has 2 fully saturated rings. The summed E-state index contributed by atoms with van der Waals surface area (Å²) in [5.41, 5.74) is 0.927. The molecule has 0 unspecified atom stereocenters. The van der Waals surface area contributed by atoms with Crippen LogP contribution in [0.2, 0.25) is 0 Å². The molecule has 0 aromatic rings. The van der Waals surface area contributed by atoms with Gasteiger partial charge in [0.15, 0.2) is 0 Å². The monoisotopic (exact) mass is 1360 g/mol. The number of methoxy groups -OCH3 is 4. The lowest BCUT2D eigenvalue weighted by molar-refractivity contribution is -0.159. The van der Waals surface area contributed by atoms with E-state index in [9.17, 15) is 50.4 Å². The summed E-state index contributed by atoms with van der Waals surface area (Å²) < 4.78 is 61.4. The molecule has 0 aromatic carbocycles. The topological polar surface area (TPSA) is 288 Å². The van der Waals surface area contributed by atoms with E-state index >= 15 is 0 Å². The molecule has 0 amide bonds. The van der Waals surface area contributed by atoms with Crippen LogP contribution in [0.25, 0.3) is 0 Å². The molecule has 4 bridgehead atoms. The second-order valence-corrected chi connectivity index (χ2v) is 29.9. The molecule has 20 heteroatoms. The molecule has 554 valence electrons. The van der Waals surface area contributed by atoms with Crippen LogP contribution < -0.4 is 0 Å². The molecule has 5 rings (SSSR count). The van der Waals surface area contributed by atoms with Crippen molar-refractivity contribution in [3.05, 3.63) is 59.8 Å². The maximum atomic E-state index is 14.2. The molecule has 20 nitrogen and oxygen atoms in total. The third-order valence-corrected chi connectivity index (χ3v) is 22.1. The van der Waals surface area contributed by atoms with Crippen LogP contribution in [0.4, 0.5) is 0 Å². The number of carbonyl (C=O) groups excluding carboxylic acids is 2. The van der Waals surface area contributed by atoms with Crippen molar-refractivity contribution in [1.29, 1.82) is 0 Å². The molecular weight excluding hydrogens is 1230 g/mol. The summed E-state index contributed by atoms with van der Waals surface area (Å²) in [7, 11) is 6.57. The quantitative estimate of drug-likeness (QED) is 0.0527. The number of esters is 2. The van der Waals surface area contributed by atoms with Gasteiger partial charge in [-0.05, 0) is 129 Å². The second kappa shape index (κ2) is 41.8. The van der Waals surface area contributed by atoms with Crippen LogP contribution in [0.3, 0.4) is 0 Å². The summed E-state index contributed by atoms with van der Waals surface area (Å²) in [6.45, 7) is 22.3. The van der Waals surface area contributed by atoms with Gasteiger partial charge in [-0.1, -0.05) is 103 Å². The Morgan fingerprint density at radius 1 is 0.479 bits per heavy atom. The fourth-order valence-electron chi connectivity index (χ4n) is 15.2. The predicted molar refractivity (Wildman–Crippen MR) is 368 cm³/mol. The van der Waals surface area contributed by atoms with Gasteiger partial charge in [0.2, 0.25) is 0 Å². The first-order chi connectivity index (χ1) is 45.4. The number of hydrogen-bond donors (Lipinski definition) is 8. The number of aliphatic hydroxyl groups is 8. The first-order valence-corrected chi connectivity index (χ1v) is 36.4. The third-order valence-electron chi connectivity index (χ3n) is 22.1. The van der Waals surface area contributed by atoms with Crippen LogP contribution in [-0.4, -0.2) is 216 Å². The highest BCUT2D eigenvalue weighted by molar-refractivity contribution is 5.87. The molecule has 30 atom stereocenters. The molecule has 0 saturated carbocycles. The number of rotatable bonds is 16. The minimum Gasteiger partial charge on any atom is -0.458 e. The van der Waals surface area contributed by atoms with Crippen molar-refractivity contribution in [2.24, 2.45) is 47.3 Å². The molecule has 5 aliphatic rings. The lowest BCUT2D eigenvalue weighted by Gasteiger charge is -2.38. The molecule has 2 saturated heterocycles. The van der Waals surface area contributed by atoms with Crippen molar-refractivity contribution in [2.75, 3.05) is 28.4 Å². The van der Waals surface area contributed by atoms with E-state index < -0.39 is 133 Å². The SMILES string of the molecule is CO[C@H]1C[C@H](CC[C@H](C)[C@H](O)[C@H](C)[C@H]2OC(=O)/C=C/C(C)=C/C[C@H](O)C[C@H]3C=CC[C@@H](C[C@H](OC)[C@@H](C)[C@@H](O)C[C@@H](O)[C@H](C)[C@@H]([C@@H](C)[C@@H](O)[C@@H](C)CC[C@H]4C[C@H](OC)C[C@H](C)O4)OC(=O)/C(C)=C/C[C@H](O)C[C@H]4C=CC[C@@H](C[C@H](OC)[C@@H](C)[C@@H](O)C[C@@H](O)[C@@H]2C)O4)O3)O[C@@H](C)C1. The van der Waals surface area contributed by atoms with Gasteiger partial charge in [-0.15, -0.1) is 0 Å². The number of ether oxygens (including phenoxy) is 10. The lowest BCUT2D eigenvalue weighted by Crippen LogP contribution is -2.46. The average Bonchev–Trinajstić information content (AvgIpc) is 0.856. The minimum atomic E-state index is -1.18. The van der Waals surface area contributed by atoms with E-state index in [0.717, 1.165) is 25.7 Å². The van der Waals surface area contributed by atoms with Crippen LogP contribution >= 0.6 is 0 Å². The average molecular weight is 1360 g/mol. The fraction of sp³-hybridized carbons (Fsp3) is 0.842. The van der Waals surface area contributed by atoms with Crippen molar-refractivity contribution < 1.29 is 97.8 Å². The summed E-state index contributed by atoms with van der Waals surface area (Å²) in [6, 6.07) is 0. The summed E-state index contributed by atoms with van der Waals surface area (Å²) in [5.74, 6) is -5.57. The van der Waals surface area contributed by atoms with Gasteiger partial charge >= 0.3 is 11.9 Å². The molecule has 5 aliphatic heterocycles. The summed E-state index contributed by atoms with van der Waals surface area (Å²) in [6.07, 6.45) is 10.3. The molecule has 0 aliphatic carbocycles. The summed E-state index contributed by atoms with van der Waals surface area (Å²) >= 11 is 0. The molecule has 8 N–H and O–H groups in total. The Balaban J connectivity index is 1.37. The standard InChI is InChI=1S/C76H130O20/c1-43-23-28-55(77)35-57-19-17-21-59(93-57)39-70(90-16)50(8)66(80)42-68(82)52(10)75(54(12)73(85)45(3)27-31-62-38-64(88-14)34-48(6)92-62)96-76(86)46(4)25-29-56(78)36-58-20-18-22-60(94-58)40-69(89-15)49(7)65(79)41-67(81)51(9)74(95-71(83)32-24-43)53(11)72(84)44(2)26-30-61-37-63(87-13)33-47(5)91-61/h17-20,23-25,32,44-45,47-70,72-75,77-82,84-85H,21-22,26-31,33-42H2,1-16H3/b32-24+,43-23+,46-25+/t44-,45-,47-,48-,49-,50-,51-,52-,53-,54-,55-,56-,57+,58+,59-,60-,61-,62-,63+,64+,65-,66-,67+,68+,69-,70-,72-,73-,74-,75-/m0/s1. The molecule has 0 spiro atoms. The number of carbonyl (C=O) groups is 2. The summed E-state index contributed by atoms with van der Waals surface area (Å²) in [5, 5.41) is 94.6. The zero-order chi connectivity index (χ0) is 71.1. The number of aliphatic hydroxyl groups excluding tert-OH is 8.